The summed E-state index contributed by atoms with van der Waals surface area (Å²) in [6.45, 7) is 4.18. The minimum atomic E-state index is 0.120. The van der Waals surface area contributed by atoms with Crippen LogP contribution in [0, 0.1) is 11.8 Å². The number of likely N-dealkylation sites (N-methyl/N-ethyl adjacent to an activating group) is 1. The maximum Gasteiger partial charge on any atom is 0.239 e. The molecular formula is C14H26N2O. The average molecular weight is 238 g/mol. The molecule has 3 heteroatoms. The standard InChI is InChI=1S/C14H26N2O/c1-3-4-5-9-16(2)14(17)13-12-8-6-7-11(12)10-15-13/h11-13,15H,3-10H2,1-2H3. The molecule has 0 bridgehead atoms. The van der Waals surface area contributed by atoms with Gasteiger partial charge in [0.25, 0.3) is 0 Å². The van der Waals surface area contributed by atoms with Gasteiger partial charge in [0.15, 0.2) is 0 Å². The Labute approximate surface area is 105 Å². The zero-order chi connectivity index (χ0) is 12.3. The van der Waals surface area contributed by atoms with Crippen LogP contribution < -0.4 is 5.32 Å². The molecule has 0 aromatic heterocycles. The molecule has 2 rings (SSSR count). The molecule has 1 saturated heterocycles. The summed E-state index contributed by atoms with van der Waals surface area (Å²) in [6.07, 6.45) is 7.47. The lowest BCUT2D eigenvalue weighted by molar-refractivity contribution is -0.132. The van der Waals surface area contributed by atoms with Crippen LogP contribution in [0.5, 0.6) is 0 Å². The van der Waals surface area contributed by atoms with Gasteiger partial charge in [0.1, 0.15) is 0 Å². The molecule has 1 amide bonds. The zero-order valence-corrected chi connectivity index (χ0v) is 11.2. The molecule has 1 heterocycles. The molecule has 3 unspecified atom stereocenters. The molecule has 1 saturated carbocycles. The maximum atomic E-state index is 12.3. The number of fused-ring (bicyclic) bond motifs is 1. The number of carbonyl (C=O) groups is 1. The molecular weight excluding hydrogens is 212 g/mol. The third kappa shape index (κ3) is 2.82. The number of hydrogen-bond donors (Lipinski definition) is 1. The van der Waals surface area contributed by atoms with Gasteiger partial charge in [-0.2, -0.15) is 0 Å². The van der Waals surface area contributed by atoms with E-state index in [2.05, 4.69) is 12.2 Å². The van der Waals surface area contributed by atoms with E-state index in [1.165, 1.54) is 32.1 Å². The Morgan fingerprint density at radius 1 is 1.35 bits per heavy atom. The first-order valence-corrected chi connectivity index (χ1v) is 7.22. The van der Waals surface area contributed by atoms with E-state index in [4.69, 9.17) is 0 Å². The van der Waals surface area contributed by atoms with Crippen molar-refractivity contribution in [3.63, 3.8) is 0 Å². The van der Waals surface area contributed by atoms with Crippen LogP contribution in [0.1, 0.15) is 45.4 Å². The van der Waals surface area contributed by atoms with E-state index in [1.807, 2.05) is 11.9 Å². The smallest absolute Gasteiger partial charge is 0.239 e. The Kier molecular flexibility index (Phi) is 4.43. The predicted octanol–water partition coefficient (Wildman–Crippen LogP) is 2.02. The maximum absolute atomic E-state index is 12.3. The molecule has 2 aliphatic rings. The Balaban J connectivity index is 1.82. The van der Waals surface area contributed by atoms with Gasteiger partial charge in [-0.1, -0.05) is 26.2 Å². The number of hydrogen-bond acceptors (Lipinski definition) is 2. The highest BCUT2D eigenvalue weighted by Crippen LogP contribution is 2.38. The van der Waals surface area contributed by atoms with E-state index in [0.29, 0.717) is 11.8 Å². The summed E-state index contributed by atoms with van der Waals surface area (Å²) < 4.78 is 0. The van der Waals surface area contributed by atoms with Crippen molar-refractivity contribution in [2.24, 2.45) is 11.8 Å². The number of nitrogens with zero attached hydrogens (tertiary/aromatic N) is 1. The second-order valence-corrected chi connectivity index (χ2v) is 5.71. The Hall–Kier alpha value is -0.570. The molecule has 0 aromatic rings. The third-order valence-corrected chi connectivity index (χ3v) is 4.49. The molecule has 0 radical (unpaired) electrons. The summed E-state index contributed by atoms with van der Waals surface area (Å²) in [5.41, 5.74) is 0. The van der Waals surface area contributed by atoms with Gasteiger partial charge in [-0.25, -0.2) is 0 Å². The normalized spacial score (nSPS) is 31.5. The fraction of sp³-hybridized carbons (Fsp3) is 0.929. The molecule has 3 nitrogen and oxygen atoms in total. The second-order valence-electron chi connectivity index (χ2n) is 5.71. The van der Waals surface area contributed by atoms with Crippen molar-refractivity contribution in [2.75, 3.05) is 20.1 Å². The van der Waals surface area contributed by atoms with Gasteiger partial charge in [-0.3, -0.25) is 4.79 Å². The largest absolute Gasteiger partial charge is 0.344 e. The van der Waals surface area contributed by atoms with Gasteiger partial charge in [-0.05, 0) is 37.6 Å². The first kappa shape index (κ1) is 12.9. The van der Waals surface area contributed by atoms with Gasteiger partial charge < -0.3 is 10.2 Å². The van der Waals surface area contributed by atoms with Crippen LogP contribution in [0.4, 0.5) is 0 Å². The topological polar surface area (TPSA) is 32.3 Å². The molecule has 0 aromatic carbocycles. The number of rotatable bonds is 5. The molecule has 17 heavy (non-hydrogen) atoms. The zero-order valence-electron chi connectivity index (χ0n) is 11.2. The number of unbranched alkanes of at least 4 members (excludes halogenated alkanes) is 2. The average Bonchev–Trinajstić information content (AvgIpc) is 2.90. The van der Waals surface area contributed by atoms with Crippen LogP contribution >= 0.6 is 0 Å². The second kappa shape index (κ2) is 5.85. The molecule has 2 fully saturated rings. The lowest BCUT2D eigenvalue weighted by Gasteiger charge is -2.24. The monoisotopic (exact) mass is 238 g/mol. The summed E-state index contributed by atoms with van der Waals surface area (Å²) in [7, 11) is 1.96. The Bertz CT molecular complexity index is 267. The highest BCUT2D eigenvalue weighted by Gasteiger charge is 2.43. The molecule has 3 atom stereocenters. The van der Waals surface area contributed by atoms with Crippen LogP contribution in [0.3, 0.4) is 0 Å². The molecule has 1 N–H and O–H groups in total. The number of carbonyl (C=O) groups excluding carboxylic acids is 1. The van der Waals surface area contributed by atoms with Gasteiger partial charge >= 0.3 is 0 Å². The lowest BCUT2D eigenvalue weighted by Crippen LogP contribution is -2.45. The first-order valence-electron chi connectivity index (χ1n) is 7.22. The van der Waals surface area contributed by atoms with Crippen LogP contribution in [-0.4, -0.2) is 37.0 Å². The fourth-order valence-corrected chi connectivity index (χ4v) is 3.40. The molecule has 0 spiro atoms. The number of amides is 1. The summed E-state index contributed by atoms with van der Waals surface area (Å²) in [5, 5.41) is 3.44. The van der Waals surface area contributed by atoms with Crippen molar-refractivity contribution in [2.45, 2.75) is 51.5 Å². The number of nitrogens with one attached hydrogen (secondary N) is 1. The highest BCUT2D eigenvalue weighted by molar-refractivity contribution is 5.82. The van der Waals surface area contributed by atoms with E-state index in [9.17, 15) is 4.79 Å². The van der Waals surface area contributed by atoms with Crippen molar-refractivity contribution in [1.82, 2.24) is 10.2 Å². The van der Waals surface area contributed by atoms with Crippen LogP contribution in [-0.2, 0) is 4.79 Å². The van der Waals surface area contributed by atoms with E-state index in [-0.39, 0.29) is 6.04 Å². The van der Waals surface area contributed by atoms with Gasteiger partial charge in [0, 0.05) is 13.6 Å². The molecule has 1 aliphatic heterocycles. The molecule has 98 valence electrons. The quantitative estimate of drug-likeness (QED) is 0.743. The third-order valence-electron chi connectivity index (χ3n) is 4.49. The van der Waals surface area contributed by atoms with Gasteiger partial charge in [-0.15, -0.1) is 0 Å². The summed E-state index contributed by atoms with van der Waals surface area (Å²) in [5.74, 6) is 1.72. The van der Waals surface area contributed by atoms with Crippen molar-refractivity contribution in [1.29, 1.82) is 0 Å². The van der Waals surface area contributed by atoms with Crippen molar-refractivity contribution in [3.05, 3.63) is 0 Å². The van der Waals surface area contributed by atoms with Crippen molar-refractivity contribution in [3.8, 4) is 0 Å². The van der Waals surface area contributed by atoms with Crippen LogP contribution in [0.25, 0.3) is 0 Å². The van der Waals surface area contributed by atoms with Gasteiger partial charge in [0.05, 0.1) is 6.04 Å². The van der Waals surface area contributed by atoms with E-state index in [1.54, 1.807) is 0 Å². The van der Waals surface area contributed by atoms with E-state index < -0.39 is 0 Å². The fourth-order valence-electron chi connectivity index (χ4n) is 3.40. The van der Waals surface area contributed by atoms with Crippen LogP contribution in [0.15, 0.2) is 0 Å². The van der Waals surface area contributed by atoms with Gasteiger partial charge in [0.2, 0.25) is 5.91 Å². The van der Waals surface area contributed by atoms with E-state index >= 15 is 0 Å². The Morgan fingerprint density at radius 3 is 2.94 bits per heavy atom. The van der Waals surface area contributed by atoms with Crippen LogP contribution in [0.2, 0.25) is 0 Å². The highest BCUT2D eigenvalue weighted by atomic mass is 16.2. The molecule has 1 aliphatic carbocycles. The lowest BCUT2D eigenvalue weighted by atomic mass is 9.93. The van der Waals surface area contributed by atoms with E-state index in [0.717, 1.165) is 25.4 Å². The SMILES string of the molecule is CCCCCN(C)C(=O)C1NCC2CCCC21. The predicted molar refractivity (Wildman–Crippen MR) is 69.8 cm³/mol. The summed E-state index contributed by atoms with van der Waals surface area (Å²) >= 11 is 0. The van der Waals surface area contributed by atoms with Crippen molar-refractivity contribution >= 4 is 5.91 Å². The summed E-state index contributed by atoms with van der Waals surface area (Å²) in [4.78, 5) is 14.3. The minimum Gasteiger partial charge on any atom is -0.344 e. The van der Waals surface area contributed by atoms with Crippen molar-refractivity contribution < 1.29 is 4.79 Å². The summed E-state index contributed by atoms with van der Waals surface area (Å²) in [6, 6.07) is 0.120. The first-order chi connectivity index (χ1) is 8.24. The minimum absolute atomic E-state index is 0.120. The Morgan fingerprint density at radius 2 is 2.18 bits per heavy atom.